The molecule has 202 valence electrons. The summed E-state index contributed by atoms with van der Waals surface area (Å²) in [6.07, 6.45) is 6.59. The molecule has 6 N–H and O–H groups in total. The molecular weight excluding hydrogens is 474 g/mol. The van der Waals surface area contributed by atoms with Gasteiger partial charge < -0.3 is 31.1 Å². The molecule has 0 radical (unpaired) electrons. The summed E-state index contributed by atoms with van der Waals surface area (Å²) in [4.78, 5) is 26.6. The van der Waals surface area contributed by atoms with Gasteiger partial charge in [0.1, 0.15) is 0 Å². The van der Waals surface area contributed by atoms with E-state index in [0.717, 1.165) is 62.2 Å². The second-order valence-electron chi connectivity index (χ2n) is 12.4. The molecule has 1 aromatic rings. The van der Waals surface area contributed by atoms with E-state index < -0.39 is 24.3 Å². The number of hydrogen-bond donors (Lipinski definition) is 5. The quantitative estimate of drug-likeness (QED) is 0.332. The number of aromatic hydroxyl groups is 2. The summed E-state index contributed by atoms with van der Waals surface area (Å²) in [6.45, 7) is 2.44. The van der Waals surface area contributed by atoms with E-state index in [1.807, 2.05) is 6.07 Å². The number of amides is 1. The molecule has 1 saturated heterocycles. The largest absolute Gasteiger partial charge is 0.504 e. The summed E-state index contributed by atoms with van der Waals surface area (Å²) in [5.41, 5.74) is 7.36. The molecule has 2 heterocycles. The number of hydrogen-bond acceptors (Lipinski definition) is 7. The van der Waals surface area contributed by atoms with E-state index in [1.165, 1.54) is 12.8 Å². The maximum absolute atomic E-state index is 12.8. The zero-order valence-corrected chi connectivity index (χ0v) is 21.5. The van der Waals surface area contributed by atoms with Crippen LogP contribution >= 0.6 is 0 Å². The highest BCUT2D eigenvalue weighted by Crippen LogP contribution is 2.76. The number of carboxylic acids is 1. The monoisotopic (exact) mass is 513 g/mol. The average molecular weight is 514 g/mol. The van der Waals surface area contributed by atoms with Crippen molar-refractivity contribution < 1.29 is 29.6 Å². The summed E-state index contributed by atoms with van der Waals surface area (Å²) in [5.74, 6) is -0.409. The van der Waals surface area contributed by atoms with Gasteiger partial charge in [0.2, 0.25) is 5.91 Å². The van der Waals surface area contributed by atoms with Crippen molar-refractivity contribution in [3.8, 4) is 11.5 Å². The number of carbonyl (C=O) groups excluding carboxylic acids is 1. The van der Waals surface area contributed by atoms with Gasteiger partial charge in [0.25, 0.3) is 0 Å². The number of ether oxygens (including phenoxy) is 1. The molecule has 37 heavy (non-hydrogen) atoms. The minimum atomic E-state index is -1.10. The first-order valence-corrected chi connectivity index (χ1v) is 13.7. The fourth-order valence-corrected chi connectivity index (χ4v) is 8.82. The molecule has 0 aromatic heterocycles. The van der Waals surface area contributed by atoms with Gasteiger partial charge in [0.15, 0.2) is 11.5 Å². The van der Waals surface area contributed by atoms with Crippen LogP contribution in [0.15, 0.2) is 12.1 Å². The number of phenols is 2. The van der Waals surface area contributed by atoms with Gasteiger partial charge >= 0.3 is 5.97 Å². The molecule has 4 fully saturated rings. The van der Waals surface area contributed by atoms with Crippen LogP contribution in [0, 0.1) is 22.7 Å². The van der Waals surface area contributed by atoms with Gasteiger partial charge in [-0.15, -0.1) is 0 Å². The van der Waals surface area contributed by atoms with Crippen LogP contribution < -0.4 is 11.1 Å². The van der Waals surface area contributed by atoms with Gasteiger partial charge in [0, 0.05) is 37.2 Å². The van der Waals surface area contributed by atoms with E-state index in [2.05, 4.69) is 10.2 Å². The standard InChI is InChI=1S/C28H39N3O6/c1-37-22-12-27-10-17(11-28(22,27)14-30-26(36)19(29)9-23(33)34)20-8-16-4-5-21(32)25(35)24(16)18(27)6-7-31(20)13-15-2-3-15/h4-5,15,17-20,22,32,35H,2-3,6-14,29H2,1H3,(H,30,36)(H,33,34)/t17?,18-,19+,20-,22?,27?,28-/m1/s1. The third-order valence-electron chi connectivity index (χ3n) is 10.6. The second-order valence-corrected chi connectivity index (χ2v) is 12.4. The molecule has 1 amide bonds. The van der Waals surface area contributed by atoms with Crippen molar-refractivity contribution in [2.24, 2.45) is 28.4 Å². The van der Waals surface area contributed by atoms with Crippen LogP contribution in [0.1, 0.15) is 62.0 Å². The zero-order valence-electron chi connectivity index (χ0n) is 21.5. The van der Waals surface area contributed by atoms with Crippen molar-refractivity contribution >= 4 is 11.9 Å². The SMILES string of the molecule is COC1CC23CC(C[C@@]12CNC(=O)[C@@H](N)CC(=O)O)[C@H]1Cc2ccc(O)c(O)c2[C@H]3CCN1CC1CC1. The Morgan fingerprint density at radius 2 is 2.00 bits per heavy atom. The van der Waals surface area contributed by atoms with E-state index in [4.69, 9.17) is 15.6 Å². The predicted octanol–water partition coefficient (Wildman–Crippen LogP) is 1.94. The van der Waals surface area contributed by atoms with E-state index in [9.17, 15) is 19.8 Å². The topological polar surface area (TPSA) is 145 Å². The normalized spacial score (nSPS) is 36.9. The molecule has 9 heteroatoms. The Morgan fingerprint density at radius 1 is 1.22 bits per heavy atom. The maximum atomic E-state index is 12.8. The van der Waals surface area contributed by atoms with Crippen LogP contribution in [-0.2, 0) is 20.7 Å². The number of nitrogens with two attached hydrogens (primary N) is 1. The highest BCUT2D eigenvalue weighted by atomic mass is 16.5. The van der Waals surface area contributed by atoms with Crippen molar-refractivity contribution in [3.63, 3.8) is 0 Å². The van der Waals surface area contributed by atoms with Crippen molar-refractivity contribution in [1.29, 1.82) is 0 Å². The van der Waals surface area contributed by atoms with E-state index in [1.54, 1.807) is 13.2 Å². The molecule has 9 nitrogen and oxygen atoms in total. The van der Waals surface area contributed by atoms with Crippen molar-refractivity contribution in [2.45, 2.75) is 75.5 Å². The number of carbonyl (C=O) groups is 2. The number of fused-ring (bicyclic) bond motifs is 2. The Labute approximate surface area is 217 Å². The number of rotatable bonds is 8. The van der Waals surface area contributed by atoms with Crippen molar-refractivity contribution in [3.05, 3.63) is 23.3 Å². The summed E-state index contributed by atoms with van der Waals surface area (Å²) < 4.78 is 6.04. The Hall–Kier alpha value is -2.36. The summed E-state index contributed by atoms with van der Waals surface area (Å²) >= 11 is 0. The van der Waals surface area contributed by atoms with Crippen LogP contribution in [0.2, 0.25) is 0 Å². The van der Waals surface area contributed by atoms with Gasteiger partial charge in [-0.05, 0) is 86.3 Å². The van der Waals surface area contributed by atoms with Gasteiger partial charge in [-0.25, -0.2) is 0 Å². The van der Waals surface area contributed by atoms with Gasteiger partial charge in [0.05, 0.1) is 18.6 Å². The lowest BCUT2D eigenvalue weighted by molar-refractivity contribution is -0.198. The highest BCUT2D eigenvalue weighted by molar-refractivity contribution is 5.85. The van der Waals surface area contributed by atoms with E-state index in [0.29, 0.717) is 18.5 Å². The number of methoxy groups -OCH3 is 1. The number of benzene rings is 1. The van der Waals surface area contributed by atoms with Gasteiger partial charge in [-0.3, -0.25) is 14.5 Å². The number of nitrogens with one attached hydrogen (secondary N) is 1. The Bertz CT molecular complexity index is 1110. The molecule has 7 rings (SSSR count). The van der Waals surface area contributed by atoms with Crippen LogP contribution in [-0.4, -0.2) is 77.0 Å². The second kappa shape index (κ2) is 8.85. The summed E-state index contributed by atoms with van der Waals surface area (Å²) in [7, 11) is 1.73. The van der Waals surface area contributed by atoms with Crippen molar-refractivity contribution in [1.82, 2.24) is 10.2 Å². The molecule has 7 atom stereocenters. The number of nitrogens with zero attached hydrogens (tertiary/aromatic N) is 1. The van der Waals surface area contributed by atoms with Crippen LogP contribution in [0.4, 0.5) is 0 Å². The first-order chi connectivity index (χ1) is 17.7. The molecule has 4 aliphatic carbocycles. The minimum Gasteiger partial charge on any atom is -0.504 e. The average Bonchev–Trinajstić information content (AvgIpc) is 3.61. The van der Waals surface area contributed by atoms with Crippen LogP contribution in [0.25, 0.3) is 0 Å². The smallest absolute Gasteiger partial charge is 0.305 e. The Balaban J connectivity index is 1.41. The van der Waals surface area contributed by atoms with Crippen LogP contribution in [0.3, 0.4) is 0 Å². The summed E-state index contributed by atoms with van der Waals surface area (Å²) in [5, 5.41) is 33.8. The lowest BCUT2D eigenvalue weighted by Gasteiger charge is -2.64. The van der Waals surface area contributed by atoms with Gasteiger partial charge in [-0.2, -0.15) is 0 Å². The van der Waals surface area contributed by atoms with Gasteiger partial charge in [-0.1, -0.05) is 6.07 Å². The molecule has 2 aliphatic heterocycles. The fourth-order valence-electron chi connectivity index (χ4n) is 8.82. The third-order valence-corrected chi connectivity index (χ3v) is 10.6. The zero-order chi connectivity index (χ0) is 26.1. The molecular formula is C28H39N3O6. The molecule has 6 aliphatic rings. The first kappa shape index (κ1) is 24.9. The summed E-state index contributed by atoms with van der Waals surface area (Å²) in [6, 6.07) is 2.83. The molecule has 4 bridgehead atoms. The molecule has 1 spiro atoms. The van der Waals surface area contributed by atoms with E-state index >= 15 is 0 Å². The maximum Gasteiger partial charge on any atom is 0.305 e. The first-order valence-electron chi connectivity index (χ1n) is 13.7. The Kier molecular flexibility index (Phi) is 5.97. The number of aliphatic carboxylic acids is 1. The third kappa shape index (κ3) is 3.76. The number of phenolic OH excluding ortho intramolecular Hbond substituents is 2. The van der Waals surface area contributed by atoms with Crippen molar-refractivity contribution in [2.75, 3.05) is 26.7 Å². The van der Waals surface area contributed by atoms with E-state index in [-0.39, 0.29) is 34.4 Å². The lowest BCUT2D eigenvalue weighted by Crippen LogP contribution is -2.66. The predicted molar refractivity (Wildman–Crippen MR) is 135 cm³/mol. The lowest BCUT2D eigenvalue weighted by atomic mass is 9.43. The molecule has 3 unspecified atom stereocenters. The number of carboxylic acid groups (broad SMARTS) is 1. The molecule has 3 saturated carbocycles. The molecule has 1 aromatic carbocycles. The fraction of sp³-hybridized carbons (Fsp3) is 0.714. The highest BCUT2D eigenvalue weighted by Gasteiger charge is 2.74. The minimum absolute atomic E-state index is 0.00102. The van der Waals surface area contributed by atoms with Crippen LogP contribution in [0.5, 0.6) is 11.5 Å². The Morgan fingerprint density at radius 3 is 2.70 bits per heavy atom.